The van der Waals surface area contributed by atoms with Crippen LogP contribution in [0.5, 0.6) is 5.75 Å². The molecule has 0 saturated heterocycles. The number of rotatable bonds is 7. The predicted molar refractivity (Wildman–Crippen MR) is 89.3 cm³/mol. The van der Waals surface area contributed by atoms with Crippen molar-refractivity contribution in [3.8, 4) is 5.75 Å². The van der Waals surface area contributed by atoms with Crippen LogP contribution in [0, 0.1) is 5.82 Å². The molecule has 1 unspecified atom stereocenters. The second kappa shape index (κ2) is 8.28. The number of aromatic carboxylic acids is 1. The van der Waals surface area contributed by atoms with Crippen molar-refractivity contribution in [3.63, 3.8) is 0 Å². The molecule has 132 valence electrons. The summed E-state index contributed by atoms with van der Waals surface area (Å²) in [7, 11) is 0. The number of ether oxygens (including phenoxy) is 2. The first kappa shape index (κ1) is 18.4. The number of carboxylic acid groups (broad SMARTS) is 1. The minimum Gasteiger partial charge on any atom is -0.487 e. The van der Waals surface area contributed by atoms with Crippen molar-refractivity contribution in [2.75, 3.05) is 0 Å². The number of benzene rings is 2. The molecule has 6 heteroatoms. The van der Waals surface area contributed by atoms with Crippen LogP contribution in [0.2, 0.25) is 0 Å². The molecular formula is C19H19FO5. The van der Waals surface area contributed by atoms with E-state index in [2.05, 4.69) is 0 Å². The molecule has 0 aliphatic heterocycles. The van der Waals surface area contributed by atoms with Crippen molar-refractivity contribution < 1.29 is 28.6 Å². The zero-order valence-corrected chi connectivity index (χ0v) is 14.0. The summed E-state index contributed by atoms with van der Waals surface area (Å²) < 4.78 is 24.5. The van der Waals surface area contributed by atoms with Crippen molar-refractivity contribution >= 4 is 11.9 Å². The van der Waals surface area contributed by atoms with Crippen LogP contribution >= 0.6 is 0 Å². The second-order valence-corrected chi connectivity index (χ2v) is 5.53. The van der Waals surface area contributed by atoms with Crippen LogP contribution in [0.15, 0.2) is 42.5 Å². The molecule has 0 radical (unpaired) electrons. The molecule has 25 heavy (non-hydrogen) atoms. The van der Waals surface area contributed by atoms with E-state index in [1.54, 1.807) is 31.2 Å². The van der Waals surface area contributed by atoms with Crippen LogP contribution in [-0.4, -0.2) is 23.1 Å². The van der Waals surface area contributed by atoms with Gasteiger partial charge in [-0.2, -0.15) is 0 Å². The van der Waals surface area contributed by atoms with E-state index >= 15 is 0 Å². The third-order valence-electron chi connectivity index (χ3n) is 3.61. The van der Waals surface area contributed by atoms with Gasteiger partial charge in [-0.1, -0.05) is 37.3 Å². The van der Waals surface area contributed by atoms with Gasteiger partial charge in [0.2, 0.25) is 0 Å². The molecule has 0 spiro atoms. The standard InChI is InChI=1S/C19H19FO5/c1-3-12(2)25-19(23)16-10-14(20)9-15(18(21)22)17(16)24-11-13-7-5-4-6-8-13/h4-10,12H,3,11H2,1-2H3,(H,21,22). The van der Waals surface area contributed by atoms with Crippen molar-refractivity contribution in [2.45, 2.75) is 33.0 Å². The van der Waals surface area contributed by atoms with Gasteiger partial charge in [0.25, 0.3) is 0 Å². The van der Waals surface area contributed by atoms with E-state index in [1.165, 1.54) is 0 Å². The summed E-state index contributed by atoms with van der Waals surface area (Å²) in [6.45, 7) is 3.56. The Hall–Kier alpha value is -2.89. The van der Waals surface area contributed by atoms with Crippen LogP contribution < -0.4 is 4.74 Å². The molecule has 0 bridgehead atoms. The van der Waals surface area contributed by atoms with Gasteiger partial charge in [0.05, 0.1) is 6.10 Å². The van der Waals surface area contributed by atoms with Gasteiger partial charge in [-0.15, -0.1) is 0 Å². The molecular weight excluding hydrogens is 327 g/mol. The molecule has 0 aromatic heterocycles. The molecule has 0 aliphatic rings. The van der Waals surface area contributed by atoms with Gasteiger partial charge in [-0.25, -0.2) is 14.0 Å². The van der Waals surface area contributed by atoms with Gasteiger partial charge >= 0.3 is 11.9 Å². The molecule has 0 heterocycles. The Morgan fingerprint density at radius 1 is 1.16 bits per heavy atom. The van der Waals surface area contributed by atoms with Crippen LogP contribution in [0.4, 0.5) is 4.39 Å². The summed E-state index contributed by atoms with van der Waals surface area (Å²) in [6, 6.07) is 10.8. The van der Waals surface area contributed by atoms with Gasteiger partial charge in [0.15, 0.2) is 0 Å². The van der Waals surface area contributed by atoms with Crippen LogP contribution in [0.1, 0.15) is 46.5 Å². The number of carboxylic acids is 1. The predicted octanol–water partition coefficient (Wildman–Crippen LogP) is 4.06. The van der Waals surface area contributed by atoms with E-state index < -0.39 is 23.3 Å². The molecule has 2 aromatic rings. The molecule has 0 amide bonds. The van der Waals surface area contributed by atoms with Gasteiger partial charge in [-0.3, -0.25) is 0 Å². The van der Waals surface area contributed by atoms with E-state index in [1.807, 2.05) is 13.0 Å². The molecule has 0 saturated carbocycles. The van der Waals surface area contributed by atoms with Crippen LogP contribution in [-0.2, 0) is 11.3 Å². The minimum atomic E-state index is -1.39. The third kappa shape index (κ3) is 4.79. The highest BCUT2D eigenvalue weighted by atomic mass is 19.1. The summed E-state index contributed by atoms with van der Waals surface area (Å²) in [6.07, 6.45) is 0.193. The normalized spacial score (nSPS) is 11.6. The van der Waals surface area contributed by atoms with Gasteiger partial charge in [0.1, 0.15) is 29.3 Å². The maximum Gasteiger partial charge on any atom is 0.342 e. The average molecular weight is 346 g/mol. The lowest BCUT2D eigenvalue weighted by Crippen LogP contribution is -2.17. The zero-order valence-electron chi connectivity index (χ0n) is 14.0. The second-order valence-electron chi connectivity index (χ2n) is 5.53. The Kier molecular flexibility index (Phi) is 6.11. The fraction of sp³-hybridized carbons (Fsp3) is 0.263. The maximum absolute atomic E-state index is 13.8. The molecule has 2 aromatic carbocycles. The summed E-state index contributed by atoms with van der Waals surface area (Å²) in [5, 5.41) is 9.32. The minimum absolute atomic E-state index is 0.0381. The van der Waals surface area contributed by atoms with Gasteiger partial charge in [0, 0.05) is 0 Å². The van der Waals surface area contributed by atoms with Crippen molar-refractivity contribution in [1.29, 1.82) is 0 Å². The molecule has 5 nitrogen and oxygen atoms in total. The number of carbonyl (C=O) groups excluding carboxylic acids is 1. The SMILES string of the molecule is CCC(C)OC(=O)c1cc(F)cc(C(=O)O)c1OCc1ccccc1. The molecule has 0 aliphatic carbocycles. The molecule has 2 rings (SSSR count). The Labute approximate surface area is 145 Å². The average Bonchev–Trinajstić information content (AvgIpc) is 2.60. The summed E-state index contributed by atoms with van der Waals surface area (Å²) in [5.74, 6) is -3.26. The highest BCUT2D eigenvalue weighted by Crippen LogP contribution is 2.28. The summed E-state index contributed by atoms with van der Waals surface area (Å²) >= 11 is 0. The Morgan fingerprint density at radius 2 is 1.80 bits per heavy atom. The smallest absolute Gasteiger partial charge is 0.342 e. The first-order chi connectivity index (χ1) is 11.9. The van der Waals surface area contributed by atoms with E-state index in [-0.39, 0.29) is 24.0 Å². The zero-order chi connectivity index (χ0) is 18.4. The first-order valence-corrected chi connectivity index (χ1v) is 7.87. The van der Waals surface area contributed by atoms with E-state index in [0.717, 1.165) is 17.7 Å². The van der Waals surface area contributed by atoms with E-state index in [4.69, 9.17) is 9.47 Å². The fourth-order valence-corrected chi connectivity index (χ4v) is 2.12. The monoisotopic (exact) mass is 346 g/mol. The lowest BCUT2D eigenvalue weighted by Gasteiger charge is -2.16. The highest BCUT2D eigenvalue weighted by Gasteiger charge is 2.24. The number of esters is 1. The summed E-state index contributed by atoms with van der Waals surface area (Å²) in [4.78, 5) is 23.8. The lowest BCUT2D eigenvalue weighted by molar-refractivity contribution is 0.0329. The van der Waals surface area contributed by atoms with Crippen LogP contribution in [0.3, 0.4) is 0 Å². The van der Waals surface area contributed by atoms with E-state index in [0.29, 0.717) is 6.42 Å². The third-order valence-corrected chi connectivity index (χ3v) is 3.61. The van der Waals surface area contributed by atoms with Crippen molar-refractivity contribution in [3.05, 3.63) is 65.0 Å². The lowest BCUT2D eigenvalue weighted by atomic mass is 10.1. The van der Waals surface area contributed by atoms with Crippen molar-refractivity contribution in [1.82, 2.24) is 0 Å². The largest absolute Gasteiger partial charge is 0.487 e. The van der Waals surface area contributed by atoms with Gasteiger partial charge in [-0.05, 0) is 31.0 Å². The highest BCUT2D eigenvalue weighted by molar-refractivity contribution is 5.99. The fourth-order valence-electron chi connectivity index (χ4n) is 2.12. The van der Waals surface area contributed by atoms with E-state index in [9.17, 15) is 19.1 Å². The Balaban J connectivity index is 2.39. The first-order valence-electron chi connectivity index (χ1n) is 7.87. The number of hydrogen-bond donors (Lipinski definition) is 1. The Morgan fingerprint density at radius 3 is 2.40 bits per heavy atom. The molecule has 1 N–H and O–H groups in total. The maximum atomic E-state index is 13.8. The van der Waals surface area contributed by atoms with Gasteiger partial charge < -0.3 is 14.6 Å². The number of halogens is 1. The number of hydrogen-bond acceptors (Lipinski definition) is 4. The molecule has 0 fully saturated rings. The Bertz CT molecular complexity index is 758. The molecule has 1 atom stereocenters. The summed E-state index contributed by atoms with van der Waals surface area (Å²) in [5.41, 5.74) is 0.116. The quantitative estimate of drug-likeness (QED) is 0.766. The number of carbonyl (C=O) groups is 2. The topological polar surface area (TPSA) is 72.8 Å². The van der Waals surface area contributed by atoms with Crippen molar-refractivity contribution in [2.24, 2.45) is 0 Å². The van der Waals surface area contributed by atoms with Crippen LogP contribution in [0.25, 0.3) is 0 Å².